The van der Waals surface area contributed by atoms with Crippen LogP contribution < -0.4 is 0 Å². The van der Waals surface area contributed by atoms with E-state index in [1.807, 2.05) is 0 Å². The lowest BCUT2D eigenvalue weighted by Crippen LogP contribution is -2.13. The Balaban J connectivity index is 1.56. The number of hydrogen-bond donors (Lipinski definition) is 0. The Labute approximate surface area is 139 Å². The molecular weight excluding hydrogens is 264 g/mol. The molecule has 0 heteroatoms. The van der Waals surface area contributed by atoms with Gasteiger partial charge in [0.2, 0.25) is 0 Å². The SMILES string of the molecule is CC/C=C/C1CCC(CC/C=C/C2CCC(CC)CC2)CC1. The first kappa shape index (κ1) is 17.8. The van der Waals surface area contributed by atoms with Crippen molar-refractivity contribution in [2.75, 3.05) is 0 Å². The Morgan fingerprint density at radius 2 is 1.23 bits per heavy atom. The standard InChI is InChI=1S/C22H38/c1-3-5-8-20-15-17-22(18-16-20)10-7-6-9-21-13-11-19(4-2)12-14-21/h5-6,8-9,19-22H,3-4,7,10-18H2,1-2H3/b8-5+,9-6+. The van der Waals surface area contributed by atoms with Crippen LogP contribution in [-0.4, -0.2) is 0 Å². The van der Waals surface area contributed by atoms with Crippen LogP contribution in [0.1, 0.15) is 90.9 Å². The Hall–Kier alpha value is -0.520. The molecule has 2 saturated carbocycles. The summed E-state index contributed by atoms with van der Waals surface area (Å²) in [5, 5.41) is 0. The van der Waals surface area contributed by atoms with Crippen LogP contribution in [0.25, 0.3) is 0 Å². The van der Waals surface area contributed by atoms with E-state index in [-0.39, 0.29) is 0 Å². The van der Waals surface area contributed by atoms with Crippen LogP contribution in [-0.2, 0) is 0 Å². The zero-order valence-electron chi connectivity index (χ0n) is 15.1. The van der Waals surface area contributed by atoms with Gasteiger partial charge in [0.25, 0.3) is 0 Å². The van der Waals surface area contributed by atoms with Gasteiger partial charge >= 0.3 is 0 Å². The van der Waals surface area contributed by atoms with Crippen LogP contribution in [0.3, 0.4) is 0 Å². The summed E-state index contributed by atoms with van der Waals surface area (Å²) < 4.78 is 0. The van der Waals surface area contributed by atoms with E-state index in [1.54, 1.807) is 0 Å². The first-order chi connectivity index (χ1) is 10.8. The van der Waals surface area contributed by atoms with Crippen molar-refractivity contribution >= 4 is 0 Å². The second-order valence-electron chi connectivity index (χ2n) is 7.81. The molecule has 2 rings (SSSR count). The molecule has 0 spiro atoms. The topological polar surface area (TPSA) is 0 Å². The predicted octanol–water partition coefficient (Wildman–Crippen LogP) is 7.31. The third kappa shape index (κ3) is 6.31. The van der Waals surface area contributed by atoms with E-state index in [4.69, 9.17) is 0 Å². The number of allylic oxidation sites excluding steroid dienone is 4. The van der Waals surface area contributed by atoms with Gasteiger partial charge in [0.05, 0.1) is 0 Å². The van der Waals surface area contributed by atoms with Crippen molar-refractivity contribution in [2.24, 2.45) is 23.7 Å². The van der Waals surface area contributed by atoms with Gasteiger partial charge in [-0.15, -0.1) is 0 Å². The second-order valence-corrected chi connectivity index (χ2v) is 7.81. The molecule has 0 aromatic rings. The van der Waals surface area contributed by atoms with Gasteiger partial charge in [0.1, 0.15) is 0 Å². The highest BCUT2D eigenvalue weighted by Crippen LogP contribution is 2.33. The molecule has 2 aliphatic rings. The van der Waals surface area contributed by atoms with E-state index in [0.717, 1.165) is 23.7 Å². The van der Waals surface area contributed by atoms with Crippen molar-refractivity contribution in [1.82, 2.24) is 0 Å². The van der Waals surface area contributed by atoms with Crippen molar-refractivity contribution in [3.63, 3.8) is 0 Å². The van der Waals surface area contributed by atoms with Crippen molar-refractivity contribution in [2.45, 2.75) is 90.9 Å². The number of hydrogen-bond acceptors (Lipinski definition) is 0. The highest BCUT2D eigenvalue weighted by atomic mass is 14.2. The van der Waals surface area contributed by atoms with Gasteiger partial charge in [0, 0.05) is 0 Å². The Kier molecular flexibility index (Phi) is 8.34. The summed E-state index contributed by atoms with van der Waals surface area (Å²) in [5.41, 5.74) is 0. The molecule has 0 atom stereocenters. The van der Waals surface area contributed by atoms with Gasteiger partial charge in [-0.3, -0.25) is 0 Å². The lowest BCUT2D eigenvalue weighted by atomic mass is 9.79. The van der Waals surface area contributed by atoms with Gasteiger partial charge in [0.15, 0.2) is 0 Å². The summed E-state index contributed by atoms with van der Waals surface area (Å²) >= 11 is 0. The Bertz CT molecular complexity index is 322. The normalized spacial score (nSPS) is 33.7. The highest BCUT2D eigenvalue weighted by Gasteiger charge is 2.19. The third-order valence-electron chi connectivity index (χ3n) is 6.15. The smallest absolute Gasteiger partial charge is 0.0233 e. The second kappa shape index (κ2) is 10.3. The minimum atomic E-state index is 0.889. The summed E-state index contributed by atoms with van der Waals surface area (Å²) in [4.78, 5) is 0. The predicted molar refractivity (Wildman–Crippen MR) is 99.0 cm³/mol. The summed E-state index contributed by atoms with van der Waals surface area (Å²) in [6.45, 7) is 4.59. The molecule has 0 heterocycles. The lowest BCUT2D eigenvalue weighted by Gasteiger charge is -2.27. The molecule has 0 N–H and O–H groups in total. The average Bonchev–Trinajstić information content (AvgIpc) is 2.58. The molecule has 0 aromatic heterocycles. The molecule has 22 heavy (non-hydrogen) atoms. The molecule has 0 amide bonds. The van der Waals surface area contributed by atoms with E-state index >= 15 is 0 Å². The summed E-state index contributed by atoms with van der Waals surface area (Å²) in [5.74, 6) is 3.83. The van der Waals surface area contributed by atoms with Crippen LogP contribution in [0, 0.1) is 23.7 Å². The summed E-state index contributed by atoms with van der Waals surface area (Å²) in [6, 6.07) is 0. The molecule has 0 aromatic carbocycles. The minimum absolute atomic E-state index is 0.889. The van der Waals surface area contributed by atoms with Crippen molar-refractivity contribution in [3.8, 4) is 0 Å². The Morgan fingerprint density at radius 3 is 1.77 bits per heavy atom. The summed E-state index contributed by atoms with van der Waals surface area (Å²) in [6.07, 6.45) is 26.9. The molecule has 0 saturated heterocycles. The molecular formula is C22H38. The minimum Gasteiger partial charge on any atom is -0.0885 e. The molecule has 0 unspecified atom stereocenters. The maximum absolute atomic E-state index is 2.56. The van der Waals surface area contributed by atoms with Crippen LogP contribution in [0.2, 0.25) is 0 Å². The fourth-order valence-electron chi connectivity index (χ4n) is 4.41. The molecule has 2 aliphatic carbocycles. The maximum atomic E-state index is 2.56. The third-order valence-corrected chi connectivity index (χ3v) is 6.15. The van der Waals surface area contributed by atoms with Crippen LogP contribution in [0.4, 0.5) is 0 Å². The van der Waals surface area contributed by atoms with Crippen molar-refractivity contribution in [3.05, 3.63) is 24.3 Å². The van der Waals surface area contributed by atoms with Gasteiger partial charge in [-0.05, 0) is 94.3 Å². The molecule has 126 valence electrons. The first-order valence-corrected chi connectivity index (χ1v) is 10.1. The molecule has 0 aliphatic heterocycles. The van der Waals surface area contributed by atoms with Crippen LogP contribution in [0.5, 0.6) is 0 Å². The van der Waals surface area contributed by atoms with Crippen LogP contribution in [0.15, 0.2) is 24.3 Å². The molecule has 2 fully saturated rings. The van der Waals surface area contributed by atoms with E-state index < -0.39 is 0 Å². The van der Waals surface area contributed by atoms with E-state index in [9.17, 15) is 0 Å². The molecule has 0 radical (unpaired) electrons. The fourth-order valence-corrected chi connectivity index (χ4v) is 4.41. The van der Waals surface area contributed by atoms with Gasteiger partial charge in [-0.25, -0.2) is 0 Å². The lowest BCUT2D eigenvalue weighted by molar-refractivity contribution is 0.295. The van der Waals surface area contributed by atoms with Crippen LogP contribution >= 0.6 is 0 Å². The van der Waals surface area contributed by atoms with E-state index in [1.165, 1.54) is 77.0 Å². The van der Waals surface area contributed by atoms with Crippen molar-refractivity contribution in [1.29, 1.82) is 0 Å². The fraction of sp³-hybridized carbons (Fsp3) is 0.818. The summed E-state index contributed by atoms with van der Waals surface area (Å²) in [7, 11) is 0. The first-order valence-electron chi connectivity index (χ1n) is 10.1. The monoisotopic (exact) mass is 302 g/mol. The van der Waals surface area contributed by atoms with Crippen molar-refractivity contribution < 1.29 is 0 Å². The maximum Gasteiger partial charge on any atom is -0.0233 e. The highest BCUT2D eigenvalue weighted by molar-refractivity contribution is 4.93. The number of rotatable bonds is 7. The van der Waals surface area contributed by atoms with Gasteiger partial charge in [-0.2, -0.15) is 0 Å². The largest absolute Gasteiger partial charge is 0.0885 e. The van der Waals surface area contributed by atoms with E-state index in [2.05, 4.69) is 38.2 Å². The van der Waals surface area contributed by atoms with E-state index in [0.29, 0.717) is 0 Å². The zero-order valence-corrected chi connectivity index (χ0v) is 15.1. The average molecular weight is 303 g/mol. The quantitative estimate of drug-likeness (QED) is 0.432. The molecule has 0 bridgehead atoms. The molecule has 0 nitrogen and oxygen atoms in total. The Morgan fingerprint density at radius 1 is 0.682 bits per heavy atom. The zero-order chi connectivity index (χ0) is 15.6. The van der Waals surface area contributed by atoms with Gasteiger partial charge < -0.3 is 0 Å². The van der Waals surface area contributed by atoms with Gasteiger partial charge in [-0.1, -0.05) is 44.6 Å².